The Hall–Kier alpha value is -3.86. The summed E-state index contributed by atoms with van der Waals surface area (Å²) in [5.41, 5.74) is 0.595. The van der Waals surface area contributed by atoms with Gasteiger partial charge in [-0.25, -0.2) is 8.78 Å². The lowest BCUT2D eigenvalue weighted by Gasteiger charge is -2.36. The third kappa shape index (κ3) is 7.70. The molecule has 42 heavy (non-hydrogen) atoms. The van der Waals surface area contributed by atoms with Gasteiger partial charge in [-0.3, -0.25) is 14.5 Å². The SMILES string of the molecule is C[C@@H](NC(=O)c1ccc(F)cc1)C(=O)N1CCN(CCCOc2ccc(-c3noc(CC4CCCC4)n3)c(F)c2)CC1. The number of amides is 2. The van der Waals surface area contributed by atoms with Crippen LogP contribution in [0.25, 0.3) is 11.4 Å². The third-order valence-electron chi connectivity index (χ3n) is 7.98. The van der Waals surface area contributed by atoms with E-state index in [4.69, 9.17) is 9.26 Å². The lowest BCUT2D eigenvalue weighted by atomic mass is 10.0. The summed E-state index contributed by atoms with van der Waals surface area (Å²) in [5.74, 6) is 0.393. The average molecular weight is 582 g/mol. The molecule has 11 heteroatoms. The largest absolute Gasteiger partial charge is 0.493 e. The first-order chi connectivity index (χ1) is 20.4. The molecule has 5 rings (SSSR count). The summed E-state index contributed by atoms with van der Waals surface area (Å²) < 4.78 is 39.0. The van der Waals surface area contributed by atoms with Gasteiger partial charge in [-0.1, -0.05) is 18.0 Å². The Morgan fingerprint density at radius 2 is 1.81 bits per heavy atom. The first-order valence-electron chi connectivity index (χ1n) is 14.7. The zero-order valence-electron chi connectivity index (χ0n) is 23.9. The highest BCUT2D eigenvalue weighted by atomic mass is 19.1. The van der Waals surface area contributed by atoms with Crippen molar-refractivity contribution in [1.82, 2.24) is 25.3 Å². The van der Waals surface area contributed by atoms with Crippen molar-refractivity contribution in [3.63, 3.8) is 0 Å². The van der Waals surface area contributed by atoms with E-state index in [1.165, 1.54) is 56.0 Å². The molecule has 1 aliphatic carbocycles. The molecule has 1 aromatic heterocycles. The van der Waals surface area contributed by atoms with Crippen LogP contribution < -0.4 is 10.1 Å². The lowest BCUT2D eigenvalue weighted by molar-refractivity contribution is -0.134. The monoisotopic (exact) mass is 581 g/mol. The number of carbonyl (C=O) groups excluding carboxylic acids is 2. The second-order valence-corrected chi connectivity index (χ2v) is 11.1. The summed E-state index contributed by atoms with van der Waals surface area (Å²) >= 11 is 0. The van der Waals surface area contributed by atoms with E-state index in [2.05, 4.69) is 20.4 Å². The van der Waals surface area contributed by atoms with Crippen LogP contribution in [0.4, 0.5) is 8.78 Å². The summed E-state index contributed by atoms with van der Waals surface area (Å²) in [7, 11) is 0. The molecule has 2 amide bonds. The number of hydrogen-bond donors (Lipinski definition) is 1. The second kappa shape index (κ2) is 13.9. The van der Waals surface area contributed by atoms with Crippen molar-refractivity contribution in [2.75, 3.05) is 39.3 Å². The van der Waals surface area contributed by atoms with Gasteiger partial charge in [-0.15, -0.1) is 0 Å². The standard InChI is InChI=1S/C31H37F2N5O4/c1-21(34-30(39)23-7-9-24(32)10-8-23)31(40)38-16-14-37(15-17-38)13-4-18-41-25-11-12-26(27(33)20-25)29-35-28(42-36-29)19-22-5-2-3-6-22/h7-12,20-22H,2-6,13-19H2,1H3,(H,34,39)/t21-/m1/s1. The molecule has 2 fully saturated rings. The second-order valence-electron chi connectivity index (χ2n) is 11.1. The lowest BCUT2D eigenvalue weighted by Crippen LogP contribution is -2.54. The summed E-state index contributed by atoms with van der Waals surface area (Å²) in [6, 6.07) is 9.20. The van der Waals surface area contributed by atoms with Crippen molar-refractivity contribution in [3.05, 3.63) is 65.6 Å². The van der Waals surface area contributed by atoms with Crippen LogP contribution in [0.1, 0.15) is 55.3 Å². The van der Waals surface area contributed by atoms with Crippen molar-refractivity contribution in [1.29, 1.82) is 0 Å². The Kier molecular flexibility index (Phi) is 9.78. The van der Waals surface area contributed by atoms with Gasteiger partial charge in [0.25, 0.3) is 5.91 Å². The third-order valence-corrected chi connectivity index (χ3v) is 7.98. The summed E-state index contributed by atoms with van der Waals surface area (Å²) in [4.78, 5) is 33.6. The fourth-order valence-corrected chi connectivity index (χ4v) is 5.56. The van der Waals surface area contributed by atoms with Crippen molar-refractivity contribution in [2.24, 2.45) is 5.92 Å². The maximum absolute atomic E-state index is 14.8. The maximum Gasteiger partial charge on any atom is 0.251 e. The Morgan fingerprint density at radius 3 is 2.52 bits per heavy atom. The number of benzene rings is 2. The molecule has 224 valence electrons. The van der Waals surface area contributed by atoms with Crippen molar-refractivity contribution in [2.45, 2.75) is 51.5 Å². The van der Waals surface area contributed by atoms with Gasteiger partial charge in [-0.2, -0.15) is 4.98 Å². The number of nitrogens with zero attached hydrogens (tertiary/aromatic N) is 4. The molecule has 1 aliphatic heterocycles. The molecule has 9 nitrogen and oxygen atoms in total. The molecule has 1 atom stereocenters. The van der Waals surface area contributed by atoms with E-state index in [9.17, 15) is 18.4 Å². The van der Waals surface area contributed by atoms with Gasteiger partial charge < -0.3 is 19.5 Å². The molecule has 0 bridgehead atoms. The molecule has 1 saturated heterocycles. The minimum absolute atomic E-state index is 0.148. The van der Waals surface area contributed by atoms with E-state index in [1.54, 1.807) is 24.0 Å². The predicted octanol–water partition coefficient (Wildman–Crippen LogP) is 4.48. The highest BCUT2D eigenvalue weighted by Crippen LogP contribution is 2.29. The van der Waals surface area contributed by atoms with Crippen LogP contribution in [0.5, 0.6) is 5.75 Å². The van der Waals surface area contributed by atoms with E-state index in [1.807, 2.05) is 0 Å². The fourth-order valence-electron chi connectivity index (χ4n) is 5.56. The van der Waals surface area contributed by atoms with Gasteiger partial charge >= 0.3 is 0 Å². The number of hydrogen-bond acceptors (Lipinski definition) is 7. The molecule has 3 aromatic rings. The topological polar surface area (TPSA) is 101 Å². The van der Waals surface area contributed by atoms with Crippen LogP contribution in [0.3, 0.4) is 0 Å². The molecular formula is C31H37F2N5O4. The van der Waals surface area contributed by atoms with Gasteiger partial charge in [0.05, 0.1) is 12.2 Å². The van der Waals surface area contributed by atoms with Crippen LogP contribution >= 0.6 is 0 Å². The van der Waals surface area contributed by atoms with E-state index < -0.39 is 23.6 Å². The van der Waals surface area contributed by atoms with Crippen molar-refractivity contribution < 1.29 is 27.6 Å². The Bertz CT molecular complexity index is 1350. The zero-order chi connectivity index (χ0) is 29.5. The number of aromatic nitrogens is 2. The van der Waals surface area contributed by atoms with Gasteiger partial charge in [-0.05, 0) is 68.5 Å². The van der Waals surface area contributed by atoms with E-state index in [0.717, 1.165) is 19.4 Å². The van der Waals surface area contributed by atoms with Crippen LogP contribution in [-0.4, -0.2) is 77.1 Å². The number of halogens is 2. The average Bonchev–Trinajstić information content (AvgIpc) is 3.68. The molecule has 0 unspecified atom stereocenters. The summed E-state index contributed by atoms with van der Waals surface area (Å²) in [5, 5.41) is 6.66. The normalized spacial score (nSPS) is 16.9. The fraction of sp³-hybridized carbons (Fsp3) is 0.484. The minimum Gasteiger partial charge on any atom is -0.493 e. The molecule has 2 aromatic carbocycles. The highest BCUT2D eigenvalue weighted by molar-refractivity contribution is 5.97. The Morgan fingerprint density at radius 1 is 1.07 bits per heavy atom. The molecule has 0 radical (unpaired) electrons. The minimum atomic E-state index is -0.687. The van der Waals surface area contributed by atoms with Gasteiger partial charge in [0.2, 0.25) is 17.6 Å². The zero-order valence-corrected chi connectivity index (χ0v) is 23.9. The van der Waals surface area contributed by atoms with Crippen LogP contribution in [0.15, 0.2) is 47.0 Å². The van der Waals surface area contributed by atoms with Crippen molar-refractivity contribution in [3.8, 4) is 17.1 Å². The van der Waals surface area contributed by atoms with Crippen molar-refractivity contribution >= 4 is 11.8 Å². The molecule has 1 N–H and O–H groups in total. The predicted molar refractivity (Wildman–Crippen MR) is 152 cm³/mol. The number of carbonyl (C=O) groups is 2. The van der Waals surface area contributed by atoms with Gasteiger partial charge in [0, 0.05) is 50.8 Å². The van der Waals surface area contributed by atoms with E-state index in [-0.39, 0.29) is 11.7 Å². The molecular weight excluding hydrogens is 544 g/mol. The molecule has 0 spiro atoms. The molecule has 1 saturated carbocycles. The van der Waals surface area contributed by atoms with Crippen LogP contribution in [-0.2, 0) is 11.2 Å². The van der Waals surface area contributed by atoms with Gasteiger partial charge in [0.15, 0.2) is 0 Å². The first-order valence-corrected chi connectivity index (χ1v) is 14.7. The highest BCUT2D eigenvalue weighted by Gasteiger charge is 2.26. The van der Waals surface area contributed by atoms with Crippen LogP contribution in [0, 0.1) is 17.6 Å². The smallest absolute Gasteiger partial charge is 0.251 e. The number of nitrogens with one attached hydrogen (secondary N) is 1. The van der Waals surface area contributed by atoms with Gasteiger partial charge in [0.1, 0.15) is 23.4 Å². The van der Waals surface area contributed by atoms with Crippen LogP contribution in [0.2, 0.25) is 0 Å². The Labute approximate surface area is 244 Å². The van der Waals surface area contributed by atoms with E-state index in [0.29, 0.717) is 61.5 Å². The number of ether oxygens (including phenoxy) is 1. The van der Waals surface area contributed by atoms with E-state index >= 15 is 0 Å². The summed E-state index contributed by atoms with van der Waals surface area (Å²) in [6.07, 6.45) is 6.32. The number of rotatable bonds is 11. The molecule has 2 aliphatic rings. The molecule has 2 heterocycles. The maximum atomic E-state index is 14.8. The quantitative estimate of drug-likeness (QED) is 0.333. The summed E-state index contributed by atoms with van der Waals surface area (Å²) in [6.45, 7) is 5.40. The Balaban J connectivity index is 1.00. The first kappa shape index (κ1) is 29.6. The number of piperazine rings is 1.